The van der Waals surface area contributed by atoms with Crippen LogP contribution in [-0.2, 0) is 11.3 Å². The molecule has 0 atom stereocenters. The summed E-state index contributed by atoms with van der Waals surface area (Å²) >= 11 is 1.40. The Kier molecular flexibility index (Phi) is 5.88. The molecule has 1 aromatic carbocycles. The van der Waals surface area contributed by atoms with E-state index < -0.39 is 0 Å². The van der Waals surface area contributed by atoms with Gasteiger partial charge in [0, 0.05) is 17.6 Å². The number of aromatic nitrogens is 3. The van der Waals surface area contributed by atoms with E-state index in [0.717, 1.165) is 28.8 Å². The SMILES string of the molecule is CCn1c(SCC(=O)NC(C)(C)C)nnc1-c1ccc(OC)cc1. The number of thioether (sulfide) groups is 1. The summed E-state index contributed by atoms with van der Waals surface area (Å²) in [5.41, 5.74) is 0.737. The summed E-state index contributed by atoms with van der Waals surface area (Å²) in [5.74, 6) is 1.90. The summed E-state index contributed by atoms with van der Waals surface area (Å²) in [6, 6.07) is 7.70. The Bertz CT molecular complexity index is 690. The van der Waals surface area contributed by atoms with Crippen molar-refractivity contribution < 1.29 is 9.53 Å². The third kappa shape index (κ3) is 4.74. The van der Waals surface area contributed by atoms with Crippen LogP contribution in [0.15, 0.2) is 29.4 Å². The first-order chi connectivity index (χ1) is 11.3. The monoisotopic (exact) mass is 348 g/mol. The molecule has 6 nitrogen and oxygen atoms in total. The first kappa shape index (κ1) is 18.3. The number of benzene rings is 1. The van der Waals surface area contributed by atoms with Crippen LogP contribution in [0, 0.1) is 0 Å². The maximum atomic E-state index is 12.0. The van der Waals surface area contributed by atoms with E-state index in [0.29, 0.717) is 5.75 Å². The summed E-state index contributed by atoms with van der Waals surface area (Å²) in [7, 11) is 1.64. The normalized spacial score (nSPS) is 11.4. The highest BCUT2D eigenvalue weighted by atomic mass is 32.2. The number of rotatable bonds is 6. The van der Waals surface area contributed by atoms with Crippen LogP contribution in [0.2, 0.25) is 0 Å². The van der Waals surface area contributed by atoms with Crippen molar-refractivity contribution in [2.45, 2.75) is 44.9 Å². The van der Waals surface area contributed by atoms with E-state index in [1.807, 2.05) is 56.5 Å². The summed E-state index contributed by atoms with van der Waals surface area (Å²) in [6.07, 6.45) is 0. The summed E-state index contributed by atoms with van der Waals surface area (Å²) < 4.78 is 7.19. The molecule has 7 heteroatoms. The van der Waals surface area contributed by atoms with Crippen molar-refractivity contribution in [3.8, 4) is 17.1 Å². The zero-order valence-electron chi connectivity index (χ0n) is 14.8. The van der Waals surface area contributed by atoms with Crippen molar-refractivity contribution in [3.05, 3.63) is 24.3 Å². The van der Waals surface area contributed by atoms with Crippen LogP contribution in [-0.4, -0.2) is 39.1 Å². The highest BCUT2D eigenvalue weighted by Gasteiger charge is 2.17. The van der Waals surface area contributed by atoms with Gasteiger partial charge in [0.15, 0.2) is 11.0 Å². The Morgan fingerprint density at radius 3 is 2.46 bits per heavy atom. The Morgan fingerprint density at radius 1 is 1.25 bits per heavy atom. The largest absolute Gasteiger partial charge is 0.497 e. The third-order valence-corrected chi connectivity index (χ3v) is 4.19. The van der Waals surface area contributed by atoms with Crippen molar-refractivity contribution in [1.82, 2.24) is 20.1 Å². The van der Waals surface area contributed by atoms with Gasteiger partial charge >= 0.3 is 0 Å². The maximum Gasteiger partial charge on any atom is 0.230 e. The van der Waals surface area contributed by atoms with Crippen molar-refractivity contribution in [2.75, 3.05) is 12.9 Å². The minimum absolute atomic E-state index is 0.0100. The summed E-state index contributed by atoms with van der Waals surface area (Å²) in [6.45, 7) is 8.66. The van der Waals surface area contributed by atoms with Gasteiger partial charge in [-0.2, -0.15) is 0 Å². The molecule has 0 fully saturated rings. The quantitative estimate of drug-likeness (QED) is 0.813. The molecule has 1 amide bonds. The van der Waals surface area contributed by atoms with E-state index in [-0.39, 0.29) is 11.4 Å². The Morgan fingerprint density at radius 2 is 1.92 bits per heavy atom. The lowest BCUT2D eigenvalue weighted by Crippen LogP contribution is -2.41. The van der Waals surface area contributed by atoms with Crippen molar-refractivity contribution in [3.63, 3.8) is 0 Å². The lowest BCUT2D eigenvalue weighted by molar-refractivity contribution is -0.119. The minimum atomic E-state index is -0.232. The topological polar surface area (TPSA) is 69.0 Å². The molecule has 0 saturated carbocycles. The van der Waals surface area contributed by atoms with E-state index in [1.165, 1.54) is 11.8 Å². The second-order valence-electron chi connectivity index (χ2n) is 6.37. The number of nitrogens with one attached hydrogen (secondary N) is 1. The van der Waals surface area contributed by atoms with Crippen LogP contribution in [0.4, 0.5) is 0 Å². The first-order valence-electron chi connectivity index (χ1n) is 7.85. The molecule has 0 aliphatic heterocycles. The highest BCUT2D eigenvalue weighted by molar-refractivity contribution is 7.99. The van der Waals surface area contributed by atoms with Gasteiger partial charge in [-0.15, -0.1) is 10.2 Å². The highest BCUT2D eigenvalue weighted by Crippen LogP contribution is 2.25. The lowest BCUT2D eigenvalue weighted by atomic mass is 10.1. The second kappa shape index (κ2) is 7.70. The molecule has 1 heterocycles. The van der Waals surface area contributed by atoms with Gasteiger partial charge in [-0.1, -0.05) is 11.8 Å². The Balaban J connectivity index is 2.12. The van der Waals surface area contributed by atoms with Gasteiger partial charge in [-0.05, 0) is 52.0 Å². The number of methoxy groups -OCH3 is 1. The van der Waals surface area contributed by atoms with E-state index in [2.05, 4.69) is 15.5 Å². The van der Waals surface area contributed by atoms with Crippen molar-refractivity contribution in [2.24, 2.45) is 0 Å². The molecule has 2 aromatic rings. The lowest BCUT2D eigenvalue weighted by Gasteiger charge is -2.20. The van der Waals surface area contributed by atoms with E-state index in [1.54, 1.807) is 7.11 Å². The predicted octanol–water partition coefficient (Wildman–Crippen LogP) is 2.98. The fraction of sp³-hybridized carbons (Fsp3) is 0.471. The van der Waals surface area contributed by atoms with Crippen LogP contribution in [0.1, 0.15) is 27.7 Å². The first-order valence-corrected chi connectivity index (χ1v) is 8.84. The number of amides is 1. The van der Waals surface area contributed by atoms with Crippen molar-refractivity contribution in [1.29, 1.82) is 0 Å². The second-order valence-corrected chi connectivity index (χ2v) is 7.31. The fourth-order valence-electron chi connectivity index (χ4n) is 2.22. The zero-order chi connectivity index (χ0) is 17.7. The molecule has 0 bridgehead atoms. The van der Waals surface area contributed by atoms with Crippen LogP contribution < -0.4 is 10.1 Å². The molecule has 0 saturated heterocycles. The predicted molar refractivity (Wildman–Crippen MR) is 96.3 cm³/mol. The molecule has 130 valence electrons. The standard InChI is InChI=1S/C17H24N4O2S/c1-6-21-15(12-7-9-13(23-5)10-8-12)19-20-16(21)24-11-14(22)18-17(2,3)4/h7-10H,6,11H2,1-5H3,(H,18,22). The molecule has 0 aliphatic carbocycles. The Hall–Kier alpha value is -2.02. The zero-order valence-corrected chi connectivity index (χ0v) is 15.6. The summed E-state index contributed by atoms with van der Waals surface area (Å²) in [4.78, 5) is 12.0. The van der Waals surface area contributed by atoms with E-state index in [9.17, 15) is 4.79 Å². The van der Waals surface area contributed by atoms with Crippen LogP contribution in [0.5, 0.6) is 5.75 Å². The number of carbonyl (C=O) groups excluding carboxylic acids is 1. The van der Waals surface area contributed by atoms with Gasteiger partial charge in [-0.25, -0.2) is 0 Å². The molecule has 2 rings (SSSR count). The van der Waals surface area contributed by atoms with Gasteiger partial charge in [-0.3, -0.25) is 4.79 Å². The molecule has 0 unspecified atom stereocenters. The van der Waals surface area contributed by atoms with Crippen LogP contribution in [0.25, 0.3) is 11.4 Å². The van der Waals surface area contributed by atoms with Gasteiger partial charge in [0.25, 0.3) is 0 Å². The van der Waals surface area contributed by atoms with E-state index >= 15 is 0 Å². The average Bonchev–Trinajstić information content (AvgIpc) is 2.94. The number of carbonyl (C=O) groups is 1. The van der Waals surface area contributed by atoms with Gasteiger partial charge < -0.3 is 14.6 Å². The van der Waals surface area contributed by atoms with Gasteiger partial charge in [0.05, 0.1) is 12.9 Å². The number of nitrogens with zero attached hydrogens (tertiary/aromatic N) is 3. The number of ether oxygens (including phenoxy) is 1. The molecule has 0 spiro atoms. The van der Waals surface area contributed by atoms with Crippen molar-refractivity contribution >= 4 is 17.7 Å². The smallest absolute Gasteiger partial charge is 0.230 e. The molecular formula is C17H24N4O2S. The fourth-order valence-corrected chi connectivity index (χ4v) is 3.02. The minimum Gasteiger partial charge on any atom is -0.497 e. The molecule has 24 heavy (non-hydrogen) atoms. The van der Waals surface area contributed by atoms with Crippen LogP contribution in [0.3, 0.4) is 0 Å². The molecule has 1 N–H and O–H groups in total. The third-order valence-electron chi connectivity index (χ3n) is 3.23. The average molecular weight is 348 g/mol. The molecule has 1 aromatic heterocycles. The summed E-state index contributed by atoms with van der Waals surface area (Å²) in [5, 5.41) is 12.2. The molecule has 0 radical (unpaired) electrons. The maximum absolute atomic E-state index is 12.0. The van der Waals surface area contributed by atoms with Gasteiger partial charge in [0.1, 0.15) is 5.75 Å². The van der Waals surface area contributed by atoms with Crippen LogP contribution >= 0.6 is 11.8 Å². The van der Waals surface area contributed by atoms with E-state index in [4.69, 9.17) is 4.74 Å². The molecule has 0 aliphatic rings. The molecular weight excluding hydrogens is 324 g/mol. The van der Waals surface area contributed by atoms with Gasteiger partial charge in [0.2, 0.25) is 5.91 Å². The Labute approximate surface area is 147 Å². The number of hydrogen-bond donors (Lipinski definition) is 1. The number of hydrogen-bond acceptors (Lipinski definition) is 5.